The molecule has 0 fully saturated rings. The third kappa shape index (κ3) is 4.60. The zero-order valence-electron chi connectivity index (χ0n) is 12.7. The van der Waals surface area contributed by atoms with Crippen molar-refractivity contribution in [2.24, 2.45) is 0 Å². The fraction of sp³-hybridized carbons (Fsp3) is 0.333. The van der Waals surface area contributed by atoms with E-state index in [9.17, 15) is 5.11 Å². The summed E-state index contributed by atoms with van der Waals surface area (Å²) in [5.74, 6) is 0.704. The summed E-state index contributed by atoms with van der Waals surface area (Å²) in [6.07, 6.45) is 0.386. The van der Waals surface area contributed by atoms with Gasteiger partial charge in [0.05, 0.1) is 6.10 Å². The van der Waals surface area contributed by atoms with Crippen LogP contribution in [0.5, 0.6) is 0 Å². The van der Waals surface area contributed by atoms with Gasteiger partial charge < -0.3 is 5.11 Å². The van der Waals surface area contributed by atoms with Crippen LogP contribution in [0.3, 0.4) is 0 Å². The molecule has 1 unspecified atom stereocenters. The maximum atomic E-state index is 10.3. The summed E-state index contributed by atoms with van der Waals surface area (Å²) < 4.78 is 1.09. The topological polar surface area (TPSA) is 20.2 Å². The zero-order valence-corrected chi connectivity index (χ0v) is 15.1. The first-order valence-corrected chi connectivity index (χ1v) is 8.87. The summed E-state index contributed by atoms with van der Waals surface area (Å²) >= 11 is 5.23. The maximum Gasteiger partial charge on any atom is 0.0674 e. The Balaban J connectivity index is 1.99. The van der Waals surface area contributed by atoms with Gasteiger partial charge >= 0.3 is 0 Å². The third-order valence-electron chi connectivity index (χ3n) is 3.55. The molecule has 0 heterocycles. The van der Waals surface area contributed by atoms with Crippen molar-refractivity contribution in [2.45, 2.75) is 38.2 Å². The Morgan fingerprint density at radius 2 is 1.71 bits per heavy atom. The average Bonchev–Trinajstić information content (AvgIpc) is 2.42. The van der Waals surface area contributed by atoms with E-state index in [-0.39, 0.29) is 6.10 Å². The van der Waals surface area contributed by atoms with Gasteiger partial charge in [-0.1, -0.05) is 29.8 Å². The van der Waals surface area contributed by atoms with Crippen LogP contribution in [0, 0.1) is 20.8 Å². The Morgan fingerprint density at radius 1 is 1.10 bits per heavy atom. The van der Waals surface area contributed by atoms with Crippen LogP contribution in [0.2, 0.25) is 0 Å². The Morgan fingerprint density at radius 3 is 2.33 bits per heavy atom. The lowest BCUT2D eigenvalue weighted by Gasteiger charge is -2.16. The highest BCUT2D eigenvalue weighted by Gasteiger charge is 2.12. The summed E-state index contributed by atoms with van der Waals surface area (Å²) in [6, 6.07) is 12.5. The minimum atomic E-state index is -0.331. The lowest BCUT2D eigenvalue weighted by molar-refractivity contribution is 0.199. The molecular weight excluding hydrogens is 344 g/mol. The third-order valence-corrected chi connectivity index (χ3v) is 5.72. The van der Waals surface area contributed by atoms with Gasteiger partial charge in [-0.25, -0.2) is 0 Å². The predicted molar refractivity (Wildman–Crippen MR) is 95.2 cm³/mol. The number of rotatable bonds is 5. The first kappa shape index (κ1) is 16.6. The zero-order chi connectivity index (χ0) is 15.4. The second-order valence-corrected chi connectivity index (χ2v) is 7.39. The first-order valence-electron chi connectivity index (χ1n) is 7.09. The molecular formula is C18H21BrOS. The molecule has 2 rings (SSSR count). The van der Waals surface area contributed by atoms with Gasteiger partial charge in [-0.05, 0) is 71.9 Å². The van der Waals surface area contributed by atoms with Crippen molar-refractivity contribution in [1.82, 2.24) is 0 Å². The average molecular weight is 365 g/mol. The van der Waals surface area contributed by atoms with Crippen molar-refractivity contribution in [3.05, 3.63) is 63.1 Å². The molecule has 0 amide bonds. The SMILES string of the molecule is Cc1cc(C)c(CC(O)CSc2ccccc2Br)c(C)c1. The number of benzene rings is 2. The highest BCUT2D eigenvalue weighted by atomic mass is 79.9. The van der Waals surface area contributed by atoms with Gasteiger partial charge in [0.1, 0.15) is 0 Å². The molecule has 1 atom stereocenters. The van der Waals surface area contributed by atoms with E-state index in [1.807, 2.05) is 18.2 Å². The van der Waals surface area contributed by atoms with E-state index in [1.165, 1.54) is 27.1 Å². The molecule has 0 radical (unpaired) electrons. The summed E-state index contributed by atoms with van der Waals surface area (Å²) in [5, 5.41) is 10.3. The molecule has 1 N–H and O–H groups in total. The van der Waals surface area contributed by atoms with Gasteiger partial charge in [0.2, 0.25) is 0 Å². The van der Waals surface area contributed by atoms with Crippen LogP contribution in [0.1, 0.15) is 22.3 Å². The molecule has 0 saturated carbocycles. The van der Waals surface area contributed by atoms with Crippen LogP contribution in [0.15, 0.2) is 45.8 Å². The quantitative estimate of drug-likeness (QED) is 0.747. The van der Waals surface area contributed by atoms with Crippen molar-refractivity contribution in [3.8, 4) is 0 Å². The molecule has 0 bridgehead atoms. The fourth-order valence-electron chi connectivity index (χ4n) is 2.57. The standard InChI is InChI=1S/C18H21BrOS/c1-12-8-13(2)16(14(3)9-12)10-15(20)11-21-18-7-5-4-6-17(18)19/h4-9,15,20H,10-11H2,1-3H3. The minimum Gasteiger partial charge on any atom is -0.392 e. The number of thioether (sulfide) groups is 1. The van der Waals surface area contributed by atoms with Gasteiger partial charge in [-0.15, -0.1) is 11.8 Å². The maximum absolute atomic E-state index is 10.3. The predicted octanol–water partition coefficient (Wildman–Crippen LogP) is 5.07. The number of hydrogen-bond donors (Lipinski definition) is 1. The number of hydrogen-bond acceptors (Lipinski definition) is 2. The molecule has 0 spiro atoms. The van der Waals surface area contributed by atoms with Gasteiger partial charge in [0.15, 0.2) is 0 Å². The van der Waals surface area contributed by atoms with E-state index in [1.54, 1.807) is 11.8 Å². The molecule has 3 heteroatoms. The fourth-order valence-corrected chi connectivity index (χ4v) is 4.07. The Labute approximate surface area is 139 Å². The van der Waals surface area contributed by atoms with Crippen LogP contribution < -0.4 is 0 Å². The van der Waals surface area contributed by atoms with E-state index in [0.29, 0.717) is 5.75 Å². The Kier molecular flexibility index (Phi) is 5.91. The van der Waals surface area contributed by atoms with Crippen LogP contribution in [-0.2, 0) is 6.42 Å². The molecule has 0 aliphatic carbocycles. The van der Waals surface area contributed by atoms with Crippen molar-refractivity contribution in [1.29, 1.82) is 0 Å². The molecule has 0 saturated heterocycles. The number of aliphatic hydroxyl groups excluding tert-OH is 1. The molecule has 21 heavy (non-hydrogen) atoms. The second-order valence-electron chi connectivity index (χ2n) is 5.48. The smallest absolute Gasteiger partial charge is 0.0674 e. The molecule has 0 aliphatic heterocycles. The molecule has 112 valence electrons. The van der Waals surface area contributed by atoms with E-state index in [2.05, 4.69) is 54.9 Å². The highest BCUT2D eigenvalue weighted by molar-refractivity contribution is 9.10. The summed E-state index contributed by atoms with van der Waals surface area (Å²) in [4.78, 5) is 1.17. The van der Waals surface area contributed by atoms with Crippen LogP contribution >= 0.6 is 27.7 Å². The van der Waals surface area contributed by atoms with Gasteiger partial charge in [-0.3, -0.25) is 0 Å². The van der Waals surface area contributed by atoms with Crippen molar-refractivity contribution in [3.63, 3.8) is 0 Å². The van der Waals surface area contributed by atoms with Crippen molar-refractivity contribution < 1.29 is 5.11 Å². The molecule has 1 nitrogen and oxygen atoms in total. The largest absolute Gasteiger partial charge is 0.392 e. The minimum absolute atomic E-state index is 0.331. The summed E-state index contributed by atoms with van der Waals surface area (Å²) in [7, 11) is 0. The highest BCUT2D eigenvalue weighted by Crippen LogP contribution is 2.28. The van der Waals surface area contributed by atoms with Crippen LogP contribution in [0.4, 0.5) is 0 Å². The van der Waals surface area contributed by atoms with Crippen molar-refractivity contribution in [2.75, 3.05) is 5.75 Å². The van der Waals surface area contributed by atoms with Gasteiger partial charge in [0.25, 0.3) is 0 Å². The monoisotopic (exact) mass is 364 g/mol. The normalized spacial score (nSPS) is 12.4. The summed E-state index contributed by atoms with van der Waals surface area (Å²) in [5.41, 5.74) is 5.11. The van der Waals surface area contributed by atoms with E-state index in [0.717, 1.165) is 10.9 Å². The van der Waals surface area contributed by atoms with Gasteiger partial charge in [0, 0.05) is 15.1 Å². The lowest BCUT2D eigenvalue weighted by Crippen LogP contribution is -2.15. The van der Waals surface area contributed by atoms with Crippen LogP contribution in [-0.4, -0.2) is 17.0 Å². The Bertz CT molecular complexity index is 601. The first-order chi connectivity index (χ1) is 9.97. The number of halogens is 1. The summed E-state index contributed by atoms with van der Waals surface area (Å²) in [6.45, 7) is 6.37. The number of aryl methyl sites for hydroxylation is 3. The molecule has 0 aliphatic rings. The van der Waals surface area contributed by atoms with E-state index < -0.39 is 0 Å². The molecule has 2 aromatic carbocycles. The lowest BCUT2D eigenvalue weighted by atomic mass is 9.96. The number of aliphatic hydroxyl groups is 1. The second kappa shape index (κ2) is 7.48. The van der Waals surface area contributed by atoms with Crippen molar-refractivity contribution >= 4 is 27.7 Å². The van der Waals surface area contributed by atoms with Crippen LogP contribution in [0.25, 0.3) is 0 Å². The Hall–Kier alpha value is -0.770. The van der Waals surface area contributed by atoms with Gasteiger partial charge in [-0.2, -0.15) is 0 Å². The van der Waals surface area contributed by atoms with E-state index in [4.69, 9.17) is 0 Å². The van der Waals surface area contributed by atoms with E-state index >= 15 is 0 Å². The molecule has 0 aromatic heterocycles. The molecule has 2 aromatic rings.